The van der Waals surface area contributed by atoms with Crippen molar-refractivity contribution in [3.05, 3.63) is 48.2 Å². The zero-order valence-electron chi connectivity index (χ0n) is 15.9. The molecule has 8 nitrogen and oxygen atoms in total. The molecule has 2 fully saturated rings. The summed E-state index contributed by atoms with van der Waals surface area (Å²) in [5.41, 5.74) is 8.15. The van der Waals surface area contributed by atoms with E-state index < -0.39 is 23.8 Å². The molecule has 1 atom stereocenters. The van der Waals surface area contributed by atoms with E-state index in [4.69, 9.17) is 15.3 Å². The second-order valence-electron chi connectivity index (χ2n) is 6.54. The molecule has 29 heavy (non-hydrogen) atoms. The molecule has 3 aliphatic rings. The minimum atomic E-state index is -0.731. The average Bonchev–Trinajstić information content (AvgIpc) is 2.92. The summed E-state index contributed by atoms with van der Waals surface area (Å²) in [5, 5.41) is 3.02. The van der Waals surface area contributed by atoms with Crippen molar-refractivity contribution in [1.82, 2.24) is 10.8 Å². The Morgan fingerprint density at radius 3 is 2.55 bits per heavy atom. The lowest BCUT2D eigenvalue weighted by molar-refractivity contribution is 0.0589. The summed E-state index contributed by atoms with van der Waals surface area (Å²) >= 11 is 0. The fourth-order valence-electron chi connectivity index (χ4n) is 3.09. The van der Waals surface area contributed by atoms with E-state index in [-0.39, 0.29) is 24.5 Å². The van der Waals surface area contributed by atoms with Crippen LogP contribution in [0.2, 0.25) is 0 Å². The number of hydrogen-bond acceptors (Lipinski definition) is 7. The molecule has 158 valence electrons. The van der Waals surface area contributed by atoms with Gasteiger partial charge in [-0.15, -0.1) is 0 Å². The molecular weight excluding hydrogens is 384 g/mol. The minimum Gasteiger partial charge on any atom is -0.443 e. The summed E-state index contributed by atoms with van der Waals surface area (Å²) < 4.78 is 33.9. The van der Waals surface area contributed by atoms with Crippen molar-refractivity contribution in [3.8, 4) is 0 Å². The summed E-state index contributed by atoms with van der Waals surface area (Å²) in [6.07, 6.45) is 6.88. The van der Waals surface area contributed by atoms with Gasteiger partial charge in [0.2, 0.25) is 0 Å². The smallest absolute Gasteiger partial charge is 0.414 e. The van der Waals surface area contributed by atoms with Crippen LogP contribution in [0.25, 0.3) is 0 Å². The highest BCUT2D eigenvalue weighted by Gasteiger charge is 2.33. The third-order valence-corrected chi connectivity index (χ3v) is 4.51. The van der Waals surface area contributed by atoms with Crippen LogP contribution in [0.15, 0.2) is 36.6 Å². The van der Waals surface area contributed by atoms with E-state index in [2.05, 4.69) is 16.9 Å². The van der Waals surface area contributed by atoms with Crippen LogP contribution in [0.1, 0.15) is 0 Å². The number of cyclic esters (lactones) is 1. The fourth-order valence-corrected chi connectivity index (χ4v) is 3.09. The number of amides is 1. The highest BCUT2D eigenvalue weighted by Crippen LogP contribution is 2.31. The SMILES string of the molecule is C1=CCNC=C1.NC[C@H]1CN(c2cc(F)c(N3CCNOCC3)c(F)c2)C(=O)O1. The predicted molar refractivity (Wildman–Crippen MR) is 105 cm³/mol. The van der Waals surface area contributed by atoms with Gasteiger partial charge in [0.05, 0.1) is 18.8 Å². The zero-order chi connectivity index (χ0) is 20.6. The van der Waals surface area contributed by atoms with Crippen LogP contribution in [-0.4, -0.2) is 58.1 Å². The Balaban J connectivity index is 0.000000343. The van der Waals surface area contributed by atoms with Crippen LogP contribution >= 0.6 is 0 Å². The molecule has 0 unspecified atom stereocenters. The minimum absolute atomic E-state index is 0.119. The fraction of sp³-hybridized carbons (Fsp3) is 0.421. The lowest BCUT2D eigenvalue weighted by atomic mass is 10.2. The largest absolute Gasteiger partial charge is 0.443 e. The number of nitrogens with two attached hydrogens (primary N) is 1. The van der Waals surface area contributed by atoms with Crippen molar-refractivity contribution in [2.45, 2.75) is 6.10 Å². The normalized spacial score (nSPS) is 21.2. The maximum absolute atomic E-state index is 14.4. The maximum Gasteiger partial charge on any atom is 0.414 e. The molecule has 3 heterocycles. The van der Waals surface area contributed by atoms with Gasteiger partial charge in [0.1, 0.15) is 11.8 Å². The van der Waals surface area contributed by atoms with Crippen molar-refractivity contribution >= 4 is 17.5 Å². The first-order valence-corrected chi connectivity index (χ1v) is 9.42. The number of nitrogens with one attached hydrogen (secondary N) is 2. The van der Waals surface area contributed by atoms with Gasteiger partial charge in [0.25, 0.3) is 0 Å². The quantitative estimate of drug-likeness (QED) is 0.692. The molecule has 0 saturated carbocycles. The van der Waals surface area contributed by atoms with Crippen molar-refractivity contribution < 1.29 is 23.1 Å². The molecule has 0 aliphatic carbocycles. The summed E-state index contributed by atoms with van der Waals surface area (Å²) in [5.74, 6) is -1.46. The molecule has 1 amide bonds. The molecule has 3 aliphatic heterocycles. The maximum atomic E-state index is 14.4. The molecule has 0 radical (unpaired) electrons. The van der Waals surface area contributed by atoms with Gasteiger partial charge in [0, 0.05) is 44.9 Å². The Labute approximate surface area is 167 Å². The van der Waals surface area contributed by atoms with E-state index in [9.17, 15) is 13.6 Å². The lowest BCUT2D eigenvalue weighted by Crippen LogP contribution is -2.31. The van der Waals surface area contributed by atoms with Gasteiger partial charge in [-0.25, -0.2) is 19.1 Å². The Hall–Kier alpha value is -2.69. The van der Waals surface area contributed by atoms with Crippen LogP contribution in [0.4, 0.5) is 25.0 Å². The van der Waals surface area contributed by atoms with Crippen LogP contribution in [0.3, 0.4) is 0 Å². The van der Waals surface area contributed by atoms with Gasteiger partial charge in [0.15, 0.2) is 11.6 Å². The van der Waals surface area contributed by atoms with Gasteiger partial charge in [-0.3, -0.25) is 9.74 Å². The number of rotatable bonds is 3. The number of carbonyl (C=O) groups is 1. The van der Waals surface area contributed by atoms with E-state index in [0.717, 1.165) is 18.7 Å². The van der Waals surface area contributed by atoms with Gasteiger partial charge in [-0.1, -0.05) is 12.2 Å². The third kappa shape index (κ3) is 5.43. The number of hydrogen-bond donors (Lipinski definition) is 3. The number of carbonyl (C=O) groups excluding carboxylic acids is 1. The first-order chi connectivity index (χ1) is 14.1. The van der Waals surface area contributed by atoms with Gasteiger partial charge in [-0.05, 0) is 12.3 Å². The van der Waals surface area contributed by atoms with Gasteiger partial charge >= 0.3 is 6.09 Å². The van der Waals surface area contributed by atoms with E-state index in [0.29, 0.717) is 26.2 Å². The molecule has 2 saturated heterocycles. The summed E-state index contributed by atoms with van der Waals surface area (Å²) in [6, 6.07) is 2.27. The van der Waals surface area contributed by atoms with Gasteiger partial charge < -0.3 is 20.7 Å². The molecule has 4 N–H and O–H groups in total. The first-order valence-electron chi connectivity index (χ1n) is 9.42. The lowest BCUT2D eigenvalue weighted by Gasteiger charge is -2.24. The third-order valence-electron chi connectivity index (χ3n) is 4.51. The van der Waals surface area contributed by atoms with E-state index in [1.54, 1.807) is 4.90 Å². The van der Waals surface area contributed by atoms with Crippen molar-refractivity contribution in [2.24, 2.45) is 5.73 Å². The predicted octanol–water partition coefficient (Wildman–Crippen LogP) is 1.25. The van der Waals surface area contributed by atoms with Gasteiger partial charge in [-0.2, -0.15) is 0 Å². The Morgan fingerprint density at radius 1 is 1.21 bits per heavy atom. The van der Waals surface area contributed by atoms with Crippen LogP contribution in [0, 0.1) is 11.6 Å². The average molecular weight is 409 g/mol. The number of halogens is 2. The first kappa shape index (κ1) is 21.0. The Bertz CT molecular complexity index is 731. The molecule has 4 rings (SSSR count). The molecular formula is C19H25F2N5O3. The topological polar surface area (TPSA) is 92.1 Å². The molecule has 0 bridgehead atoms. The van der Waals surface area contributed by atoms with Crippen molar-refractivity contribution in [1.29, 1.82) is 0 Å². The molecule has 1 aromatic rings. The number of dihydropyridines is 1. The second kappa shape index (κ2) is 10.2. The molecule has 10 heteroatoms. The van der Waals surface area contributed by atoms with Crippen molar-refractivity contribution in [2.75, 3.05) is 55.7 Å². The number of nitrogens with zero attached hydrogens (tertiary/aromatic N) is 2. The summed E-state index contributed by atoms with van der Waals surface area (Å²) in [6.45, 7) is 2.86. The number of ether oxygens (including phenoxy) is 1. The van der Waals surface area contributed by atoms with Crippen LogP contribution in [-0.2, 0) is 9.57 Å². The van der Waals surface area contributed by atoms with Crippen LogP contribution in [0.5, 0.6) is 0 Å². The standard InChI is InChI=1S/C14H18F2N4O3.C5H7N/c15-11-5-9(20-8-10(7-17)23-14(20)21)6-12(16)13(11)19-2-1-18-22-4-3-19;1-2-4-6-5-3-1/h5-6,10,18H,1-4,7-8,17H2;1-4,6H,5H2/t10-;/m0./s1. The zero-order valence-corrected chi connectivity index (χ0v) is 15.9. The summed E-state index contributed by atoms with van der Waals surface area (Å²) in [7, 11) is 0. The van der Waals surface area contributed by atoms with Crippen LogP contribution < -0.4 is 26.3 Å². The van der Waals surface area contributed by atoms with E-state index in [1.165, 1.54) is 4.90 Å². The van der Waals surface area contributed by atoms with E-state index >= 15 is 0 Å². The Morgan fingerprint density at radius 2 is 2.00 bits per heavy atom. The molecule has 1 aromatic carbocycles. The second-order valence-corrected chi connectivity index (χ2v) is 6.54. The highest BCUT2D eigenvalue weighted by molar-refractivity contribution is 5.90. The molecule has 0 aromatic heterocycles. The highest BCUT2D eigenvalue weighted by atomic mass is 19.1. The Kier molecular flexibility index (Phi) is 7.39. The number of benzene rings is 1. The summed E-state index contributed by atoms with van der Waals surface area (Å²) in [4.78, 5) is 19.6. The van der Waals surface area contributed by atoms with Crippen molar-refractivity contribution in [3.63, 3.8) is 0 Å². The molecule has 0 spiro atoms. The number of hydroxylamine groups is 1. The number of anilines is 2. The van der Waals surface area contributed by atoms with E-state index in [1.807, 2.05) is 18.4 Å². The monoisotopic (exact) mass is 409 g/mol. The number of allylic oxidation sites excluding steroid dienone is 2.